The summed E-state index contributed by atoms with van der Waals surface area (Å²) in [7, 11) is 1.52. The van der Waals surface area contributed by atoms with Crippen LogP contribution in [-0.4, -0.2) is 32.2 Å². The van der Waals surface area contributed by atoms with Gasteiger partial charge >= 0.3 is 12.6 Å². The third-order valence-electron chi connectivity index (χ3n) is 3.91. The van der Waals surface area contributed by atoms with Gasteiger partial charge in [0.25, 0.3) is 0 Å². The van der Waals surface area contributed by atoms with Crippen molar-refractivity contribution in [2.45, 2.75) is 20.0 Å². The molecule has 0 amide bonds. The van der Waals surface area contributed by atoms with Crippen molar-refractivity contribution in [3.63, 3.8) is 0 Å². The molecule has 2 aromatic carbocycles. The Morgan fingerprint density at radius 1 is 1.14 bits per heavy atom. The monoisotopic (exact) mass is 403 g/mol. The summed E-state index contributed by atoms with van der Waals surface area (Å²) < 4.78 is 45.8. The Hall–Kier alpha value is -3.42. The van der Waals surface area contributed by atoms with Crippen molar-refractivity contribution >= 4 is 17.9 Å². The van der Waals surface area contributed by atoms with Gasteiger partial charge < -0.3 is 18.9 Å². The van der Waals surface area contributed by atoms with Crippen LogP contribution in [0.5, 0.6) is 17.2 Å². The first-order valence-corrected chi connectivity index (χ1v) is 8.89. The molecule has 1 heterocycles. The topological polar surface area (TPSA) is 66.3 Å². The molecule has 8 heteroatoms. The number of esters is 1. The number of ether oxygens (including phenoxy) is 4. The van der Waals surface area contributed by atoms with Gasteiger partial charge in [-0.25, -0.2) is 9.79 Å². The fraction of sp³-hybridized carbons (Fsp3) is 0.238. The van der Waals surface area contributed by atoms with E-state index >= 15 is 0 Å². The first-order chi connectivity index (χ1) is 14.0. The van der Waals surface area contributed by atoms with Gasteiger partial charge in [0.15, 0.2) is 17.2 Å². The fourth-order valence-corrected chi connectivity index (χ4v) is 2.63. The maximum atomic E-state index is 12.6. The van der Waals surface area contributed by atoms with Gasteiger partial charge in [0.1, 0.15) is 5.75 Å². The van der Waals surface area contributed by atoms with Gasteiger partial charge in [0.05, 0.1) is 19.3 Å². The van der Waals surface area contributed by atoms with Crippen LogP contribution in [0.1, 0.15) is 24.5 Å². The molecule has 29 heavy (non-hydrogen) atoms. The van der Waals surface area contributed by atoms with Gasteiger partial charge in [0, 0.05) is 0 Å². The van der Waals surface area contributed by atoms with Crippen LogP contribution in [0.25, 0.3) is 6.08 Å². The highest BCUT2D eigenvalue weighted by molar-refractivity contribution is 6.13. The normalized spacial score (nSPS) is 14.7. The second-order valence-electron chi connectivity index (χ2n) is 5.97. The first-order valence-electron chi connectivity index (χ1n) is 8.89. The maximum absolute atomic E-state index is 12.6. The Labute approximate surface area is 166 Å². The van der Waals surface area contributed by atoms with Gasteiger partial charge in [-0.15, -0.1) is 0 Å². The number of cyclic esters (lactones) is 1. The van der Waals surface area contributed by atoms with E-state index in [1.54, 1.807) is 24.3 Å². The Morgan fingerprint density at radius 3 is 2.66 bits per heavy atom. The lowest BCUT2D eigenvalue weighted by molar-refractivity contribution is -0.129. The van der Waals surface area contributed by atoms with Gasteiger partial charge in [-0.2, -0.15) is 8.78 Å². The number of para-hydroxylation sites is 1. The summed E-state index contributed by atoms with van der Waals surface area (Å²) >= 11 is 0. The standard InChI is InChI=1S/C21H19F2NO5/c1-3-10-27-17-9-8-13(12-18(17)26-2)11-15-20(25)29-19(24-15)14-6-4-5-7-16(14)28-21(22)23/h4-9,11-12,21H,3,10H2,1-2H3/b15-11-. The zero-order valence-electron chi connectivity index (χ0n) is 15.9. The maximum Gasteiger partial charge on any atom is 0.387 e. The summed E-state index contributed by atoms with van der Waals surface area (Å²) in [5.41, 5.74) is 0.821. The van der Waals surface area contributed by atoms with E-state index in [9.17, 15) is 13.6 Å². The Morgan fingerprint density at radius 2 is 1.93 bits per heavy atom. The molecule has 152 valence electrons. The van der Waals surface area contributed by atoms with Crippen LogP contribution in [-0.2, 0) is 9.53 Å². The molecule has 1 aliphatic heterocycles. The highest BCUT2D eigenvalue weighted by atomic mass is 19.3. The van der Waals surface area contributed by atoms with E-state index in [2.05, 4.69) is 9.73 Å². The number of methoxy groups -OCH3 is 1. The largest absolute Gasteiger partial charge is 0.493 e. The summed E-state index contributed by atoms with van der Waals surface area (Å²) in [5, 5.41) is 0. The number of hydrogen-bond acceptors (Lipinski definition) is 6. The minimum atomic E-state index is -3.01. The number of halogens is 2. The molecule has 0 atom stereocenters. The number of hydrogen-bond donors (Lipinski definition) is 0. The Balaban J connectivity index is 1.90. The van der Waals surface area contributed by atoms with Gasteiger partial charge in [0.2, 0.25) is 5.90 Å². The van der Waals surface area contributed by atoms with E-state index in [1.807, 2.05) is 6.92 Å². The van der Waals surface area contributed by atoms with Crippen LogP contribution in [0.15, 0.2) is 53.2 Å². The molecule has 0 fully saturated rings. The fourth-order valence-electron chi connectivity index (χ4n) is 2.63. The average Bonchev–Trinajstić information content (AvgIpc) is 3.07. The molecule has 0 aliphatic carbocycles. The number of rotatable bonds is 8. The molecule has 2 aromatic rings. The summed E-state index contributed by atoms with van der Waals surface area (Å²) in [6, 6.07) is 11.1. The SMILES string of the molecule is CCCOc1ccc(/C=C2\N=C(c3ccccc3OC(F)F)OC2=O)cc1OC. The van der Waals surface area contributed by atoms with Crippen molar-refractivity contribution in [1.82, 2.24) is 0 Å². The lowest BCUT2D eigenvalue weighted by Crippen LogP contribution is -2.10. The van der Waals surface area contributed by atoms with Crippen molar-refractivity contribution in [3.05, 3.63) is 59.3 Å². The summed E-state index contributed by atoms with van der Waals surface area (Å²) in [5.74, 6) is 0.172. The van der Waals surface area contributed by atoms with Crippen LogP contribution in [0.3, 0.4) is 0 Å². The molecular weight excluding hydrogens is 384 g/mol. The molecule has 6 nitrogen and oxygen atoms in total. The predicted octanol–water partition coefficient (Wildman–Crippen LogP) is 4.43. The highest BCUT2D eigenvalue weighted by Gasteiger charge is 2.27. The number of carbonyl (C=O) groups is 1. The molecule has 0 aromatic heterocycles. The van der Waals surface area contributed by atoms with E-state index in [0.29, 0.717) is 23.7 Å². The van der Waals surface area contributed by atoms with Crippen molar-refractivity contribution in [3.8, 4) is 17.2 Å². The van der Waals surface area contributed by atoms with Crippen LogP contribution in [0.4, 0.5) is 8.78 Å². The number of carbonyl (C=O) groups excluding carboxylic acids is 1. The molecule has 0 bridgehead atoms. The Bertz CT molecular complexity index is 956. The molecule has 3 rings (SSSR count). The van der Waals surface area contributed by atoms with Gasteiger partial charge in [-0.1, -0.05) is 25.1 Å². The zero-order valence-corrected chi connectivity index (χ0v) is 15.9. The molecule has 0 N–H and O–H groups in total. The predicted molar refractivity (Wildman–Crippen MR) is 102 cm³/mol. The van der Waals surface area contributed by atoms with Crippen LogP contribution >= 0.6 is 0 Å². The van der Waals surface area contributed by atoms with E-state index in [0.717, 1.165) is 6.42 Å². The van der Waals surface area contributed by atoms with E-state index in [1.165, 1.54) is 31.4 Å². The molecule has 0 unspecified atom stereocenters. The third kappa shape index (κ3) is 4.90. The number of alkyl halides is 2. The van der Waals surface area contributed by atoms with Crippen LogP contribution in [0, 0.1) is 0 Å². The van der Waals surface area contributed by atoms with E-state index in [-0.39, 0.29) is 22.9 Å². The zero-order chi connectivity index (χ0) is 20.8. The molecular formula is C21H19F2NO5. The van der Waals surface area contributed by atoms with Crippen LogP contribution < -0.4 is 14.2 Å². The smallest absolute Gasteiger partial charge is 0.387 e. The minimum Gasteiger partial charge on any atom is -0.493 e. The lowest BCUT2D eigenvalue weighted by atomic mass is 10.1. The van der Waals surface area contributed by atoms with Crippen molar-refractivity contribution in [2.24, 2.45) is 4.99 Å². The van der Waals surface area contributed by atoms with E-state index in [4.69, 9.17) is 14.2 Å². The minimum absolute atomic E-state index is 0.0242. The number of benzene rings is 2. The van der Waals surface area contributed by atoms with Gasteiger partial charge in [-0.3, -0.25) is 0 Å². The molecule has 1 aliphatic rings. The highest BCUT2D eigenvalue weighted by Crippen LogP contribution is 2.30. The average molecular weight is 403 g/mol. The Kier molecular flexibility index (Phi) is 6.43. The lowest BCUT2D eigenvalue weighted by Gasteiger charge is -2.10. The van der Waals surface area contributed by atoms with Crippen molar-refractivity contribution in [1.29, 1.82) is 0 Å². The second-order valence-corrected chi connectivity index (χ2v) is 5.97. The number of nitrogens with zero attached hydrogens (tertiary/aromatic N) is 1. The third-order valence-corrected chi connectivity index (χ3v) is 3.91. The van der Waals surface area contributed by atoms with Crippen LogP contribution in [0.2, 0.25) is 0 Å². The van der Waals surface area contributed by atoms with Crippen molar-refractivity contribution < 1.29 is 32.5 Å². The quantitative estimate of drug-likeness (QED) is 0.482. The number of aliphatic imine (C=N–C) groups is 1. The summed E-state index contributed by atoms with van der Waals surface area (Å²) in [6.07, 6.45) is 2.37. The molecule has 0 spiro atoms. The first kappa shape index (κ1) is 20.3. The van der Waals surface area contributed by atoms with E-state index < -0.39 is 12.6 Å². The molecule has 0 radical (unpaired) electrons. The molecule has 0 saturated heterocycles. The summed E-state index contributed by atoms with van der Waals surface area (Å²) in [6.45, 7) is -0.460. The van der Waals surface area contributed by atoms with Crippen molar-refractivity contribution in [2.75, 3.05) is 13.7 Å². The van der Waals surface area contributed by atoms with Gasteiger partial charge in [-0.05, 0) is 42.3 Å². The second kappa shape index (κ2) is 9.18. The molecule has 0 saturated carbocycles. The summed E-state index contributed by atoms with van der Waals surface area (Å²) in [4.78, 5) is 16.3.